The Morgan fingerprint density at radius 1 is 1.18 bits per heavy atom. The Kier molecular flexibility index (Phi) is 6.10. The van der Waals surface area contributed by atoms with Gasteiger partial charge >= 0.3 is 0 Å². The van der Waals surface area contributed by atoms with Crippen LogP contribution in [0.3, 0.4) is 0 Å². The number of sulfonamides is 1. The lowest BCUT2D eigenvalue weighted by Gasteiger charge is -2.28. The van der Waals surface area contributed by atoms with Gasteiger partial charge in [-0.15, -0.1) is 0 Å². The molecule has 0 atom stereocenters. The molecule has 0 bridgehead atoms. The number of anilines is 1. The molecule has 22 heavy (non-hydrogen) atoms. The molecule has 124 valence electrons. The summed E-state index contributed by atoms with van der Waals surface area (Å²) in [4.78, 5) is 13.2. The number of carbonyl (C=O) groups excluding carboxylic acids is 1. The summed E-state index contributed by atoms with van der Waals surface area (Å²) in [6.45, 7) is 6.54. The van der Waals surface area contributed by atoms with Crippen LogP contribution in [0.4, 0.5) is 5.69 Å². The average Bonchev–Trinajstić information content (AvgIpc) is 2.35. The molecule has 2 N–H and O–H groups in total. The van der Waals surface area contributed by atoms with E-state index in [0.717, 1.165) is 6.54 Å². The monoisotopic (exact) mass is 327 g/mol. The molecule has 0 saturated carbocycles. The number of hydrogen-bond acceptors (Lipinski definition) is 4. The molecular formula is C15H25N3O3S. The molecule has 0 aliphatic rings. The van der Waals surface area contributed by atoms with E-state index in [-0.39, 0.29) is 16.2 Å². The predicted molar refractivity (Wildman–Crippen MR) is 88.3 cm³/mol. The summed E-state index contributed by atoms with van der Waals surface area (Å²) in [6, 6.07) is 6.10. The van der Waals surface area contributed by atoms with Crippen LogP contribution in [-0.4, -0.2) is 46.4 Å². The van der Waals surface area contributed by atoms with Crippen molar-refractivity contribution in [3.63, 3.8) is 0 Å². The van der Waals surface area contributed by atoms with Crippen molar-refractivity contribution in [2.75, 3.05) is 32.5 Å². The summed E-state index contributed by atoms with van der Waals surface area (Å²) in [7, 11) is 0.355. The Labute approximate surface area is 132 Å². The van der Waals surface area contributed by atoms with Gasteiger partial charge in [-0.3, -0.25) is 4.79 Å². The molecule has 0 aliphatic carbocycles. The molecule has 0 heterocycles. The summed E-state index contributed by atoms with van der Waals surface area (Å²) in [6.07, 6.45) is 0. The zero-order valence-corrected chi connectivity index (χ0v) is 14.6. The maximum atomic E-state index is 12.3. The third kappa shape index (κ3) is 6.13. The zero-order chi connectivity index (χ0) is 17.0. The largest absolute Gasteiger partial charge is 0.326 e. The van der Waals surface area contributed by atoms with E-state index in [2.05, 4.69) is 10.0 Å². The van der Waals surface area contributed by atoms with Gasteiger partial charge in [0.05, 0.1) is 4.90 Å². The average molecular weight is 327 g/mol. The first kappa shape index (κ1) is 18.6. The fraction of sp³-hybridized carbons (Fsp3) is 0.533. The summed E-state index contributed by atoms with van der Waals surface area (Å²) in [5, 5.41) is 2.60. The van der Waals surface area contributed by atoms with Gasteiger partial charge in [-0.2, -0.15) is 0 Å². The second kappa shape index (κ2) is 7.21. The highest BCUT2D eigenvalue weighted by Crippen LogP contribution is 2.18. The van der Waals surface area contributed by atoms with Crippen LogP contribution in [0.25, 0.3) is 0 Å². The van der Waals surface area contributed by atoms with E-state index in [9.17, 15) is 13.2 Å². The highest BCUT2D eigenvalue weighted by Gasteiger charge is 2.23. The Bertz CT molecular complexity index is 607. The molecule has 0 unspecified atom stereocenters. The molecule has 0 aliphatic heterocycles. The molecule has 6 nitrogen and oxygen atoms in total. The van der Waals surface area contributed by atoms with E-state index in [0.29, 0.717) is 12.2 Å². The van der Waals surface area contributed by atoms with E-state index < -0.39 is 10.0 Å². The van der Waals surface area contributed by atoms with Gasteiger partial charge in [0.2, 0.25) is 15.9 Å². The molecule has 1 aromatic carbocycles. The molecular weight excluding hydrogens is 302 g/mol. The highest BCUT2D eigenvalue weighted by atomic mass is 32.2. The van der Waals surface area contributed by atoms with E-state index in [4.69, 9.17) is 0 Å². The van der Waals surface area contributed by atoms with Crippen molar-refractivity contribution in [2.45, 2.75) is 25.7 Å². The van der Waals surface area contributed by atoms with Gasteiger partial charge in [0.1, 0.15) is 0 Å². The molecule has 1 amide bonds. The van der Waals surface area contributed by atoms with E-state index in [1.807, 2.05) is 32.8 Å². The van der Waals surface area contributed by atoms with Crippen LogP contribution in [0.2, 0.25) is 0 Å². The molecule has 0 aromatic heterocycles. The van der Waals surface area contributed by atoms with Crippen LogP contribution in [0.1, 0.15) is 20.8 Å². The number of nitrogens with one attached hydrogen (secondary N) is 2. The Balaban J connectivity index is 2.76. The summed E-state index contributed by atoms with van der Waals surface area (Å²) < 4.78 is 27.2. The van der Waals surface area contributed by atoms with Gasteiger partial charge in [-0.1, -0.05) is 13.8 Å². The number of amides is 1. The number of benzene rings is 1. The Hall–Kier alpha value is -1.44. The quantitative estimate of drug-likeness (QED) is 0.796. The third-order valence-corrected chi connectivity index (χ3v) is 4.39. The van der Waals surface area contributed by atoms with Crippen molar-refractivity contribution in [2.24, 2.45) is 5.41 Å². The topological polar surface area (TPSA) is 78.5 Å². The van der Waals surface area contributed by atoms with Crippen molar-refractivity contribution < 1.29 is 13.2 Å². The van der Waals surface area contributed by atoms with Gasteiger partial charge in [0.25, 0.3) is 0 Å². The molecule has 7 heteroatoms. The maximum Gasteiger partial charge on any atom is 0.240 e. The smallest absolute Gasteiger partial charge is 0.240 e. The van der Waals surface area contributed by atoms with E-state index >= 15 is 0 Å². The van der Waals surface area contributed by atoms with Crippen molar-refractivity contribution >= 4 is 21.6 Å². The van der Waals surface area contributed by atoms with Gasteiger partial charge in [0.15, 0.2) is 0 Å². The van der Waals surface area contributed by atoms with Crippen LogP contribution in [0.5, 0.6) is 0 Å². The van der Waals surface area contributed by atoms with E-state index in [1.54, 1.807) is 12.1 Å². The second-order valence-corrected chi connectivity index (χ2v) is 8.20. The lowest BCUT2D eigenvalue weighted by Crippen LogP contribution is -2.39. The molecule has 0 saturated heterocycles. The van der Waals surface area contributed by atoms with E-state index in [1.165, 1.54) is 19.1 Å². The Morgan fingerprint density at radius 2 is 1.73 bits per heavy atom. The van der Waals surface area contributed by atoms with Gasteiger partial charge in [0, 0.05) is 25.7 Å². The first-order valence-corrected chi connectivity index (χ1v) is 8.52. The fourth-order valence-corrected chi connectivity index (χ4v) is 3.45. The van der Waals surface area contributed by atoms with Crippen LogP contribution < -0.4 is 10.0 Å². The normalized spacial score (nSPS) is 12.5. The highest BCUT2D eigenvalue weighted by molar-refractivity contribution is 7.89. The lowest BCUT2D eigenvalue weighted by molar-refractivity contribution is -0.114. The number of rotatable bonds is 7. The Morgan fingerprint density at radius 3 is 2.18 bits per heavy atom. The number of carbonyl (C=O) groups is 1. The summed E-state index contributed by atoms with van der Waals surface area (Å²) >= 11 is 0. The van der Waals surface area contributed by atoms with Gasteiger partial charge in [-0.25, -0.2) is 13.1 Å². The SMILES string of the molecule is CC(=O)Nc1ccc(S(=O)(=O)NCC(C)(C)CN(C)C)cc1. The predicted octanol–water partition coefficient (Wildman–Crippen LogP) is 1.51. The molecule has 0 spiro atoms. The maximum absolute atomic E-state index is 12.3. The minimum absolute atomic E-state index is 0.174. The van der Waals surface area contributed by atoms with Crippen LogP contribution in [0.15, 0.2) is 29.2 Å². The molecule has 1 aromatic rings. The fourth-order valence-electron chi connectivity index (χ4n) is 2.21. The summed E-state index contributed by atoms with van der Waals surface area (Å²) in [5.41, 5.74) is 0.395. The van der Waals surface area contributed by atoms with Gasteiger partial charge < -0.3 is 10.2 Å². The molecule has 0 fully saturated rings. The zero-order valence-electron chi connectivity index (χ0n) is 13.8. The first-order chi connectivity index (χ1) is 10.0. The van der Waals surface area contributed by atoms with Crippen LogP contribution in [0, 0.1) is 5.41 Å². The standard InChI is InChI=1S/C15H25N3O3S/c1-12(19)17-13-6-8-14(9-7-13)22(20,21)16-10-15(2,3)11-18(4)5/h6-9,16H,10-11H2,1-5H3,(H,17,19). The van der Waals surface area contributed by atoms with Crippen LogP contribution in [-0.2, 0) is 14.8 Å². The molecule has 0 radical (unpaired) electrons. The number of nitrogens with zero attached hydrogens (tertiary/aromatic N) is 1. The minimum atomic E-state index is -3.56. The third-order valence-electron chi connectivity index (χ3n) is 2.97. The van der Waals surface area contributed by atoms with Crippen molar-refractivity contribution in [1.82, 2.24) is 9.62 Å². The second-order valence-electron chi connectivity index (χ2n) is 6.43. The van der Waals surface area contributed by atoms with Crippen LogP contribution >= 0.6 is 0 Å². The number of hydrogen-bond donors (Lipinski definition) is 2. The van der Waals surface area contributed by atoms with Gasteiger partial charge in [-0.05, 0) is 43.8 Å². The molecule has 1 rings (SSSR count). The van der Waals surface area contributed by atoms with Crippen molar-refractivity contribution in [3.05, 3.63) is 24.3 Å². The first-order valence-electron chi connectivity index (χ1n) is 7.04. The minimum Gasteiger partial charge on any atom is -0.326 e. The van der Waals surface area contributed by atoms with Crippen molar-refractivity contribution in [3.8, 4) is 0 Å². The lowest BCUT2D eigenvalue weighted by atomic mass is 9.93. The van der Waals surface area contributed by atoms with Crippen molar-refractivity contribution in [1.29, 1.82) is 0 Å². The summed E-state index contributed by atoms with van der Waals surface area (Å²) in [5.74, 6) is -0.195.